The van der Waals surface area contributed by atoms with E-state index in [4.69, 9.17) is 5.41 Å². The Labute approximate surface area is 137 Å². The van der Waals surface area contributed by atoms with Crippen molar-refractivity contribution in [3.63, 3.8) is 0 Å². The molecule has 0 spiro atoms. The minimum absolute atomic E-state index is 0.0434. The third-order valence-corrected chi connectivity index (χ3v) is 4.70. The summed E-state index contributed by atoms with van der Waals surface area (Å²) in [5.41, 5.74) is 3.72. The van der Waals surface area contributed by atoms with E-state index in [0.717, 1.165) is 24.1 Å². The summed E-state index contributed by atoms with van der Waals surface area (Å²) in [6.07, 6.45) is 2.19. The summed E-state index contributed by atoms with van der Waals surface area (Å²) in [7, 11) is 0. The van der Waals surface area contributed by atoms with Gasteiger partial charge in [-0.15, -0.1) is 0 Å². The molecule has 1 aliphatic carbocycles. The zero-order valence-corrected chi connectivity index (χ0v) is 13.4. The number of hydrogen-bond acceptors (Lipinski definition) is 2. The summed E-state index contributed by atoms with van der Waals surface area (Å²) in [6, 6.07) is 17.8. The molecule has 1 amide bonds. The molecule has 3 heteroatoms. The SMILES string of the molecule is CC(=N)C1CC[C@H]1c1cccc(C(=O)NCc2ccccc2)c1. The molecule has 0 aliphatic heterocycles. The highest BCUT2D eigenvalue weighted by Gasteiger charge is 2.33. The van der Waals surface area contributed by atoms with Crippen molar-refractivity contribution in [1.29, 1.82) is 5.41 Å². The quantitative estimate of drug-likeness (QED) is 0.801. The van der Waals surface area contributed by atoms with Gasteiger partial charge in [-0.05, 0) is 48.9 Å². The van der Waals surface area contributed by atoms with Crippen molar-refractivity contribution in [2.45, 2.75) is 32.2 Å². The molecule has 0 aromatic heterocycles. The molecule has 0 heterocycles. The summed E-state index contributed by atoms with van der Waals surface area (Å²) in [5.74, 6) is 0.699. The molecule has 2 aromatic rings. The standard InChI is InChI=1S/C20H22N2O/c1-14(21)18-10-11-19(18)16-8-5-9-17(12-16)20(23)22-13-15-6-3-2-4-7-15/h2-9,12,18-19,21H,10-11,13H2,1H3,(H,22,23)/t18?,19-/m0/s1. The Morgan fingerprint density at radius 1 is 1.13 bits per heavy atom. The van der Waals surface area contributed by atoms with Crippen molar-refractivity contribution < 1.29 is 4.79 Å². The van der Waals surface area contributed by atoms with Crippen LogP contribution in [0.25, 0.3) is 0 Å². The molecule has 0 saturated heterocycles. The Balaban J connectivity index is 1.67. The lowest BCUT2D eigenvalue weighted by Gasteiger charge is -2.36. The van der Waals surface area contributed by atoms with Crippen LogP contribution in [0.4, 0.5) is 0 Å². The first-order valence-corrected chi connectivity index (χ1v) is 8.12. The molecule has 118 valence electrons. The summed E-state index contributed by atoms with van der Waals surface area (Å²) in [6.45, 7) is 2.42. The van der Waals surface area contributed by atoms with Crippen LogP contribution in [0, 0.1) is 11.3 Å². The fourth-order valence-corrected chi connectivity index (χ4v) is 3.21. The van der Waals surface area contributed by atoms with Gasteiger partial charge in [0, 0.05) is 23.7 Å². The first kappa shape index (κ1) is 15.5. The molecule has 0 bridgehead atoms. The van der Waals surface area contributed by atoms with E-state index in [0.29, 0.717) is 23.9 Å². The molecule has 1 aliphatic rings. The van der Waals surface area contributed by atoms with E-state index in [1.165, 1.54) is 5.56 Å². The van der Waals surface area contributed by atoms with Crippen molar-refractivity contribution >= 4 is 11.6 Å². The maximum absolute atomic E-state index is 12.4. The van der Waals surface area contributed by atoms with Crippen LogP contribution in [0.5, 0.6) is 0 Å². The van der Waals surface area contributed by atoms with Crippen LogP contribution in [0.15, 0.2) is 54.6 Å². The third kappa shape index (κ3) is 3.50. The first-order chi connectivity index (χ1) is 11.1. The van der Waals surface area contributed by atoms with Crippen LogP contribution in [0.3, 0.4) is 0 Å². The molecule has 1 unspecified atom stereocenters. The van der Waals surface area contributed by atoms with Crippen molar-refractivity contribution in [3.8, 4) is 0 Å². The molecule has 2 aromatic carbocycles. The number of rotatable bonds is 5. The summed E-state index contributed by atoms with van der Waals surface area (Å²) in [5, 5.41) is 10.8. The topological polar surface area (TPSA) is 53.0 Å². The predicted molar refractivity (Wildman–Crippen MR) is 92.9 cm³/mol. The number of carbonyl (C=O) groups excluding carboxylic acids is 1. The molecule has 1 fully saturated rings. The van der Waals surface area contributed by atoms with E-state index in [1.807, 2.05) is 55.5 Å². The predicted octanol–water partition coefficient (Wildman–Crippen LogP) is 4.15. The molecule has 1 saturated carbocycles. The molecule has 23 heavy (non-hydrogen) atoms. The van der Waals surface area contributed by atoms with E-state index in [-0.39, 0.29) is 5.91 Å². The van der Waals surface area contributed by atoms with Gasteiger partial charge in [-0.25, -0.2) is 0 Å². The number of nitrogens with one attached hydrogen (secondary N) is 2. The first-order valence-electron chi connectivity index (χ1n) is 8.12. The fraction of sp³-hybridized carbons (Fsp3) is 0.300. The molecule has 3 nitrogen and oxygen atoms in total. The van der Waals surface area contributed by atoms with E-state index in [2.05, 4.69) is 11.4 Å². The van der Waals surface area contributed by atoms with Crippen molar-refractivity contribution in [2.24, 2.45) is 5.92 Å². The van der Waals surface area contributed by atoms with Gasteiger partial charge in [-0.1, -0.05) is 42.5 Å². The largest absolute Gasteiger partial charge is 0.348 e. The van der Waals surface area contributed by atoms with Gasteiger partial charge in [0.25, 0.3) is 5.91 Å². The van der Waals surface area contributed by atoms with Gasteiger partial charge < -0.3 is 10.7 Å². The Hall–Kier alpha value is -2.42. The lowest BCUT2D eigenvalue weighted by Crippen LogP contribution is -2.29. The summed E-state index contributed by atoms with van der Waals surface area (Å²) < 4.78 is 0. The minimum Gasteiger partial charge on any atom is -0.348 e. The Morgan fingerprint density at radius 2 is 1.91 bits per heavy atom. The minimum atomic E-state index is -0.0434. The summed E-state index contributed by atoms with van der Waals surface area (Å²) in [4.78, 5) is 12.4. The Kier molecular flexibility index (Phi) is 4.56. The number of carbonyl (C=O) groups is 1. The zero-order valence-electron chi connectivity index (χ0n) is 13.4. The van der Waals surface area contributed by atoms with Gasteiger partial charge in [-0.2, -0.15) is 0 Å². The molecule has 2 N–H and O–H groups in total. The van der Waals surface area contributed by atoms with Gasteiger partial charge in [0.15, 0.2) is 0 Å². The summed E-state index contributed by atoms with van der Waals surface area (Å²) >= 11 is 0. The highest BCUT2D eigenvalue weighted by atomic mass is 16.1. The lowest BCUT2D eigenvalue weighted by molar-refractivity contribution is 0.0950. The van der Waals surface area contributed by atoms with Gasteiger partial charge in [0.05, 0.1) is 0 Å². The van der Waals surface area contributed by atoms with Crippen LogP contribution in [0.2, 0.25) is 0 Å². The second kappa shape index (κ2) is 6.78. The zero-order chi connectivity index (χ0) is 16.2. The maximum atomic E-state index is 12.4. The molecular formula is C20H22N2O. The molecule has 3 rings (SSSR count). The molecule has 2 atom stereocenters. The lowest BCUT2D eigenvalue weighted by atomic mass is 9.68. The number of hydrogen-bond donors (Lipinski definition) is 2. The van der Waals surface area contributed by atoms with Crippen LogP contribution in [-0.4, -0.2) is 11.6 Å². The average molecular weight is 306 g/mol. The second-order valence-electron chi connectivity index (χ2n) is 6.27. The molecule has 0 radical (unpaired) electrons. The normalized spacial score (nSPS) is 19.7. The van der Waals surface area contributed by atoms with Crippen LogP contribution < -0.4 is 5.32 Å². The number of benzene rings is 2. The monoisotopic (exact) mass is 306 g/mol. The van der Waals surface area contributed by atoms with E-state index < -0.39 is 0 Å². The van der Waals surface area contributed by atoms with E-state index >= 15 is 0 Å². The van der Waals surface area contributed by atoms with Gasteiger partial charge in [-0.3, -0.25) is 4.79 Å². The van der Waals surface area contributed by atoms with Gasteiger partial charge >= 0.3 is 0 Å². The van der Waals surface area contributed by atoms with E-state index in [9.17, 15) is 4.79 Å². The smallest absolute Gasteiger partial charge is 0.251 e. The third-order valence-electron chi connectivity index (χ3n) is 4.70. The van der Waals surface area contributed by atoms with Crippen LogP contribution >= 0.6 is 0 Å². The second-order valence-corrected chi connectivity index (χ2v) is 6.27. The van der Waals surface area contributed by atoms with E-state index in [1.54, 1.807) is 0 Å². The van der Waals surface area contributed by atoms with Crippen molar-refractivity contribution in [2.75, 3.05) is 0 Å². The highest BCUT2D eigenvalue weighted by Crippen LogP contribution is 2.43. The van der Waals surface area contributed by atoms with Crippen molar-refractivity contribution in [3.05, 3.63) is 71.3 Å². The van der Waals surface area contributed by atoms with Crippen LogP contribution in [-0.2, 0) is 6.54 Å². The van der Waals surface area contributed by atoms with Crippen molar-refractivity contribution in [1.82, 2.24) is 5.32 Å². The maximum Gasteiger partial charge on any atom is 0.251 e. The fourth-order valence-electron chi connectivity index (χ4n) is 3.21. The van der Waals surface area contributed by atoms with Gasteiger partial charge in [0.2, 0.25) is 0 Å². The average Bonchev–Trinajstić information content (AvgIpc) is 2.52. The molecular weight excluding hydrogens is 284 g/mol. The Morgan fingerprint density at radius 3 is 2.57 bits per heavy atom. The number of amides is 1. The highest BCUT2D eigenvalue weighted by molar-refractivity contribution is 5.94. The Bertz CT molecular complexity index is 709. The van der Waals surface area contributed by atoms with Gasteiger partial charge in [0.1, 0.15) is 0 Å². The van der Waals surface area contributed by atoms with Crippen LogP contribution in [0.1, 0.15) is 47.2 Å².